The third kappa shape index (κ3) is 2.44. The number of aliphatic imine (C=N–C) groups is 1. The van der Waals surface area contributed by atoms with Crippen molar-refractivity contribution in [2.75, 3.05) is 7.11 Å². The van der Waals surface area contributed by atoms with Gasteiger partial charge in [0.25, 0.3) is 0 Å². The van der Waals surface area contributed by atoms with Gasteiger partial charge in [0.2, 0.25) is 0 Å². The maximum Gasteiger partial charge on any atom is 0.129 e. The minimum Gasteiger partial charge on any atom is -0.497 e. The van der Waals surface area contributed by atoms with E-state index >= 15 is 0 Å². The lowest BCUT2D eigenvalue weighted by Gasteiger charge is -2.15. The molecule has 0 amide bonds. The highest BCUT2D eigenvalue weighted by Crippen LogP contribution is 2.55. The van der Waals surface area contributed by atoms with Gasteiger partial charge in [0.1, 0.15) is 11.9 Å². The molecule has 0 aliphatic carbocycles. The van der Waals surface area contributed by atoms with Gasteiger partial charge in [-0.2, -0.15) is 0 Å². The van der Waals surface area contributed by atoms with E-state index in [0.717, 1.165) is 5.75 Å². The first-order valence-electron chi connectivity index (χ1n) is 8.96. The molecule has 3 nitrogen and oxygen atoms in total. The van der Waals surface area contributed by atoms with Crippen molar-refractivity contribution < 1.29 is 4.74 Å². The van der Waals surface area contributed by atoms with Crippen LogP contribution in [-0.2, 0) is 0 Å². The summed E-state index contributed by atoms with van der Waals surface area (Å²) in [5.41, 5.74) is 4.98. The Balaban J connectivity index is 1.55. The third-order valence-corrected chi connectivity index (χ3v) is 5.30. The molecule has 0 aromatic heterocycles. The molecule has 0 bridgehead atoms. The van der Waals surface area contributed by atoms with Crippen molar-refractivity contribution in [3.63, 3.8) is 0 Å². The summed E-state index contributed by atoms with van der Waals surface area (Å²) in [6, 6.07) is 30.3. The van der Waals surface area contributed by atoms with E-state index in [1.165, 1.54) is 22.4 Å². The largest absolute Gasteiger partial charge is 0.497 e. The normalized spacial score (nSPS) is 26.1. The van der Waals surface area contributed by atoms with E-state index in [0.29, 0.717) is 12.1 Å². The Morgan fingerprint density at radius 3 is 2.04 bits per heavy atom. The fourth-order valence-corrected chi connectivity index (χ4v) is 4.00. The zero-order valence-corrected chi connectivity index (χ0v) is 14.6. The number of rotatable bonds is 4. The predicted octanol–water partition coefficient (Wildman–Crippen LogP) is 4.62. The summed E-state index contributed by atoms with van der Waals surface area (Å²) in [7, 11) is 1.70. The highest BCUT2D eigenvalue weighted by atomic mass is 16.5. The molecule has 3 aromatic carbocycles. The van der Waals surface area contributed by atoms with E-state index in [-0.39, 0.29) is 6.17 Å². The predicted molar refractivity (Wildman–Crippen MR) is 104 cm³/mol. The van der Waals surface area contributed by atoms with Gasteiger partial charge in [0, 0.05) is 0 Å². The molecule has 26 heavy (non-hydrogen) atoms. The van der Waals surface area contributed by atoms with Gasteiger partial charge in [-0.1, -0.05) is 72.8 Å². The number of methoxy groups -OCH3 is 1. The Bertz CT molecular complexity index is 935. The lowest BCUT2D eigenvalue weighted by molar-refractivity contribution is 0.400. The number of fused-ring (bicyclic) bond motifs is 1. The zero-order chi connectivity index (χ0) is 17.5. The molecule has 2 heterocycles. The van der Waals surface area contributed by atoms with Gasteiger partial charge >= 0.3 is 0 Å². The Labute approximate surface area is 153 Å². The molecule has 1 saturated heterocycles. The van der Waals surface area contributed by atoms with Crippen LogP contribution in [0, 0.1) is 0 Å². The molecule has 5 rings (SSSR count). The second kappa shape index (κ2) is 6.11. The highest BCUT2D eigenvalue weighted by Gasteiger charge is 2.59. The summed E-state index contributed by atoms with van der Waals surface area (Å²) in [4.78, 5) is 7.59. The third-order valence-electron chi connectivity index (χ3n) is 5.30. The van der Waals surface area contributed by atoms with E-state index in [4.69, 9.17) is 9.73 Å². The summed E-state index contributed by atoms with van der Waals surface area (Å²) in [5, 5.41) is 0. The quantitative estimate of drug-likeness (QED) is 0.647. The van der Waals surface area contributed by atoms with Crippen LogP contribution in [0.5, 0.6) is 5.75 Å². The minimum absolute atomic E-state index is 0.0614. The van der Waals surface area contributed by atoms with Gasteiger partial charge in [-0.3, -0.25) is 9.89 Å². The van der Waals surface area contributed by atoms with Gasteiger partial charge in [0.15, 0.2) is 0 Å². The van der Waals surface area contributed by atoms with Crippen LogP contribution in [0.2, 0.25) is 0 Å². The molecule has 0 spiro atoms. The van der Waals surface area contributed by atoms with Gasteiger partial charge in [-0.05, 0) is 28.8 Å². The maximum atomic E-state index is 5.30. The molecule has 4 atom stereocenters. The first-order chi connectivity index (χ1) is 12.9. The van der Waals surface area contributed by atoms with Crippen molar-refractivity contribution in [1.29, 1.82) is 0 Å². The molecular weight excluding hydrogens is 320 g/mol. The van der Waals surface area contributed by atoms with Crippen LogP contribution in [-0.4, -0.2) is 23.8 Å². The first kappa shape index (κ1) is 15.4. The lowest BCUT2D eigenvalue weighted by Crippen LogP contribution is -2.08. The van der Waals surface area contributed by atoms with Crippen LogP contribution in [0.4, 0.5) is 0 Å². The number of hydrogen-bond acceptors (Lipinski definition) is 3. The van der Waals surface area contributed by atoms with Crippen LogP contribution in [0.25, 0.3) is 0 Å². The molecule has 0 radical (unpaired) electrons. The fourth-order valence-electron chi connectivity index (χ4n) is 4.00. The Hall–Kier alpha value is -2.91. The Morgan fingerprint density at radius 2 is 1.38 bits per heavy atom. The molecule has 1 unspecified atom stereocenters. The minimum atomic E-state index is 0.0614. The molecule has 2 aliphatic rings. The summed E-state index contributed by atoms with van der Waals surface area (Å²) in [6.45, 7) is 0. The van der Waals surface area contributed by atoms with E-state index < -0.39 is 0 Å². The van der Waals surface area contributed by atoms with Crippen LogP contribution >= 0.6 is 0 Å². The molecular formula is C23H20N2O. The monoisotopic (exact) mass is 340 g/mol. The van der Waals surface area contributed by atoms with Crippen molar-refractivity contribution in [2.45, 2.75) is 18.2 Å². The number of nitrogens with zero attached hydrogens (tertiary/aromatic N) is 2. The van der Waals surface area contributed by atoms with Gasteiger partial charge in [-0.25, -0.2) is 0 Å². The van der Waals surface area contributed by atoms with Gasteiger partial charge in [0.05, 0.1) is 24.9 Å². The van der Waals surface area contributed by atoms with E-state index in [1.54, 1.807) is 7.11 Å². The summed E-state index contributed by atoms with van der Waals surface area (Å²) < 4.78 is 5.30. The molecule has 1 fully saturated rings. The molecule has 128 valence electrons. The zero-order valence-electron chi connectivity index (χ0n) is 14.6. The molecule has 3 aromatic rings. The highest BCUT2D eigenvalue weighted by molar-refractivity contribution is 6.08. The van der Waals surface area contributed by atoms with Crippen molar-refractivity contribution >= 4 is 5.71 Å². The van der Waals surface area contributed by atoms with Crippen LogP contribution in [0.3, 0.4) is 0 Å². The standard InChI is InChI=1S/C23H20N2O/c1-26-19-14-12-18(13-15-19)23-24-20(16-8-4-2-5-9-16)22-21(25(22)23)17-10-6-3-7-11-17/h2-15,21-23H,1H3/t21-,22-,23-,25?/m1/s1. The summed E-state index contributed by atoms with van der Waals surface area (Å²) >= 11 is 0. The average Bonchev–Trinajstić information content (AvgIpc) is 3.33. The van der Waals surface area contributed by atoms with Gasteiger partial charge < -0.3 is 4.74 Å². The second-order valence-electron chi connectivity index (χ2n) is 6.77. The number of hydrogen-bond donors (Lipinski definition) is 0. The van der Waals surface area contributed by atoms with Crippen molar-refractivity contribution in [3.05, 3.63) is 102 Å². The van der Waals surface area contributed by atoms with Crippen molar-refractivity contribution in [2.24, 2.45) is 4.99 Å². The van der Waals surface area contributed by atoms with Crippen LogP contribution < -0.4 is 4.74 Å². The van der Waals surface area contributed by atoms with Gasteiger partial charge in [-0.15, -0.1) is 0 Å². The first-order valence-corrected chi connectivity index (χ1v) is 8.96. The van der Waals surface area contributed by atoms with Crippen LogP contribution in [0.1, 0.15) is 28.9 Å². The molecule has 0 saturated carbocycles. The molecule has 0 N–H and O–H groups in total. The smallest absolute Gasteiger partial charge is 0.129 e. The van der Waals surface area contributed by atoms with Crippen molar-refractivity contribution in [3.8, 4) is 5.75 Å². The number of benzene rings is 3. The average molecular weight is 340 g/mol. The fraction of sp³-hybridized carbons (Fsp3) is 0.174. The van der Waals surface area contributed by atoms with E-state index in [2.05, 4.69) is 77.7 Å². The lowest BCUT2D eigenvalue weighted by atomic mass is 10.0. The Morgan fingerprint density at radius 1 is 0.731 bits per heavy atom. The SMILES string of the molecule is COc1ccc([C@@H]2N=C(c3ccccc3)[C@@H]3[C@@H](c4ccccc4)N32)cc1. The summed E-state index contributed by atoms with van der Waals surface area (Å²) in [6.07, 6.45) is 0.0614. The van der Waals surface area contributed by atoms with E-state index in [9.17, 15) is 0 Å². The number of ether oxygens (including phenoxy) is 1. The van der Waals surface area contributed by atoms with E-state index in [1.807, 2.05) is 12.1 Å². The molecule has 3 heteroatoms. The molecule has 2 aliphatic heterocycles. The summed E-state index contributed by atoms with van der Waals surface area (Å²) in [5.74, 6) is 0.876. The topological polar surface area (TPSA) is 24.6 Å². The van der Waals surface area contributed by atoms with Crippen LogP contribution in [0.15, 0.2) is 89.9 Å². The second-order valence-corrected chi connectivity index (χ2v) is 6.77. The van der Waals surface area contributed by atoms with Crippen molar-refractivity contribution in [1.82, 2.24) is 4.90 Å². The maximum absolute atomic E-state index is 5.30. The Kier molecular flexibility index (Phi) is 3.61.